The maximum atomic E-state index is 13.0. The minimum absolute atomic E-state index is 0.0620. The van der Waals surface area contributed by atoms with E-state index in [0.29, 0.717) is 35.6 Å². The van der Waals surface area contributed by atoms with Crippen molar-refractivity contribution in [2.45, 2.75) is 23.5 Å². The highest BCUT2D eigenvalue weighted by molar-refractivity contribution is 7.92. The number of nitrogens with one attached hydrogen (secondary N) is 2. The lowest BCUT2D eigenvalue weighted by Gasteiger charge is -2.15. The molecule has 1 heterocycles. The van der Waals surface area contributed by atoms with Crippen molar-refractivity contribution in [1.82, 2.24) is 4.31 Å². The van der Waals surface area contributed by atoms with Crippen LogP contribution < -0.4 is 10.0 Å². The van der Waals surface area contributed by atoms with Gasteiger partial charge in [-0.05, 0) is 66.3 Å². The summed E-state index contributed by atoms with van der Waals surface area (Å²) in [6.45, 7) is 1.12. The molecule has 0 spiro atoms. The van der Waals surface area contributed by atoms with Gasteiger partial charge in [0.2, 0.25) is 10.0 Å². The Morgan fingerprint density at radius 1 is 0.763 bits per heavy atom. The molecular weight excluding hydrogens is 522 g/mol. The number of carbonyl (C=O) groups is 1. The number of rotatable bonds is 8. The second kappa shape index (κ2) is 10.6. The fraction of sp³-hybridized carbons (Fsp3) is 0.179. The summed E-state index contributed by atoms with van der Waals surface area (Å²) in [4.78, 5) is 12.8. The molecule has 4 aromatic carbocycles. The molecule has 1 amide bonds. The molecule has 0 radical (unpaired) electrons. The summed E-state index contributed by atoms with van der Waals surface area (Å²) in [5.41, 5.74) is 1.89. The third-order valence-corrected chi connectivity index (χ3v) is 9.71. The Morgan fingerprint density at radius 3 is 2.13 bits per heavy atom. The normalized spacial score (nSPS) is 14.4. The lowest BCUT2D eigenvalue weighted by atomic mass is 10.1. The van der Waals surface area contributed by atoms with Crippen LogP contribution in [0.1, 0.15) is 28.8 Å². The van der Waals surface area contributed by atoms with Gasteiger partial charge in [0.15, 0.2) is 0 Å². The van der Waals surface area contributed by atoms with E-state index in [1.54, 1.807) is 36.4 Å². The molecule has 0 saturated carbocycles. The van der Waals surface area contributed by atoms with Gasteiger partial charge in [0, 0.05) is 29.7 Å². The van der Waals surface area contributed by atoms with Gasteiger partial charge in [-0.15, -0.1) is 0 Å². The van der Waals surface area contributed by atoms with Gasteiger partial charge < -0.3 is 5.32 Å². The molecule has 0 bridgehead atoms. The molecule has 5 rings (SSSR count). The molecule has 0 aliphatic carbocycles. The monoisotopic (exact) mass is 549 g/mol. The highest BCUT2D eigenvalue weighted by Crippen LogP contribution is 2.26. The topological polar surface area (TPSA) is 113 Å². The first-order chi connectivity index (χ1) is 18.2. The Balaban J connectivity index is 1.23. The molecule has 38 heavy (non-hydrogen) atoms. The standard InChI is InChI=1S/C28H27N3O5S2/c32-28(23-12-10-21(11-13-23)20-37(33,34)31-18-3-4-19-31)29-24-14-16-25(17-15-24)38(35,36)30-27-9-5-7-22-6-1-2-8-26(22)27/h1-2,5-17,30H,3-4,18-20H2,(H,29,32). The van der Waals surface area contributed by atoms with Crippen molar-refractivity contribution in [1.29, 1.82) is 0 Å². The van der Waals surface area contributed by atoms with Crippen molar-refractivity contribution in [2.75, 3.05) is 23.1 Å². The summed E-state index contributed by atoms with van der Waals surface area (Å²) < 4.78 is 55.1. The van der Waals surface area contributed by atoms with Crippen LogP contribution in [-0.2, 0) is 25.8 Å². The Labute approximate surface area is 222 Å². The first kappa shape index (κ1) is 25.9. The largest absolute Gasteiger partial charge is 0.322 e. The van der Waals surface area contributed by atoms with Crippen LogP contribution in [0.4, 0.5) is 11.4 Å². The van der Waals surface area contributed by atoms with E-state index < -0.39 is 20.0 Å². The lowest BCUT2D eigenvalue weighted by molar-refractivity contribution is 0.102. The Kier molecular flexibility index (Phi) is 7.20. The fourth-order valence-electron chi connectivity index (χ4n) is 4.46. The minimum Gasteiger partial charge on any atom is -0.322 e. The van der Waals surface area contributed by atoms with E-state index in [1.807, 2.05) is 30.3 Å². The maximum Gasteiger partial charge on any atom is 0.261 e. The molecule has 0 aromatic heterocycles. The number of hydrogen-bond acceptors (Lipinski definition) is 5. The average molecular weight is 550 g/mol. The van der Waals surface area contributed by atoms with Crippen molar-refractivity contribution in [3.63, 3.8) is 0 Å². The van der Waals surface area contributed by atoms with Crippen molar-refractivity contribution in [3.8, 4) is 0 Å². The van der Waals surface area contributed by atoms with Crippen LogP contribution in [0.15, 0.2) is 95.9 Å². The summed E-state index contributed by atoms with van der Waals surface area (Å²) in [5.74, 6) is -0.485. The number of amides is 1. The first-order valence-corrected chi connectivity index (χ1v) is 15.3. The highest BCUT2D eigenvalue weighted by atomic mass is 32.2. The van der Waals surface area contributed by atoms with Gasteiger partial charge in [0.1, 0.15) is 0 Å². The fourth-order valence-corrected chi connectivity index (χ4v) is 7.15. The van der Waals surface area contributed by atoms with Crippen LogP contribution in [-0.4, -0.2) is 40.1 Å². The summed E-state index contributed by atoms with van der Waals surface area (Å²) in [7, 11) is -7.21. The van der Waals surface area contributed by atoms with E-state index in [4.69, 9.17) is 0 Å². The third kappa shape index (κ3) is 5.72. The van der Waals surface area contributed by atoms with Gasteiger partial charge >= 0.3 is 0 Å². The predicted octanol–water partition coefficient (Wildman–Crippen LogP) is 4.82. The van der Waals surface area contributed by atoms with Gasteiger partial charge in [0.05, 0.1) is 16.3 Å². The van der Waals surface area contributed by atoms with Crippen LogP contribution in [0.3, 0.4) is 0 Å². The highest BCUT2D eigenvalue weighted by Gasteiger charge is 2.25. The van der Waals surface area contributed by atoms with Crippen molar-refractivity contribution >= 4 is 48.1 Å². The van der Waals surface area contributed by atoms with E-state index in [2.05, 4.69) is 10.0 Å². The van der Waals surface area contributed by atoms with E-state index in [1.165, 1.54) is 28.6 Å². The second-order valence-electron chi connectivity index (χ2n) is 9.17. The molecule has 4 aromatic rings. The second-order valence-corrected chi connectivity index (χ2v) is 12.8. The lowest BCUT2D eigenvalue weighted by Crippen LogP contribution is -2.29. The quantitative estimate of drug-likeness (QED) is 0.327. The molecule has 10 heteroatoms. The zero-order chi connectivity index (χ0) is 26.8. The van der Waals surface area contributed by atoms with Gasteiger partial charge in [0.25, 0.3) is 15.9 Å². The molecule has 0 atom stereocenters. The maximum absolute atomic E-state index is 13.0. The molecule has 1 aliphatic heterocycles. The molecule has 0 unspecified atom stereocenters. The average Bonchev–Trinajstić information content (AvgIpc) is 3.46. The van der Waals surface area contributed by atoms with E-state index >= 15 is 0 Å². The van der Waals surface area contributed by atoms with E-state index in [0.717, 1.165) is 23.6 Å². The van der Waals surface area contributed by atoms with Crippen molar-refractivity contribution in [3.05, 3.63) is 102 Å². The Hall–Kier alpha value is -3.73. The van der Waals surface area contributed by atoms with Crippen molar-refractivity contribution < 1.29 is 21.6 Å². The van der Waals surface area contributed by atoms with Crippen molar-refractivity contribution in [2.24, 2.45) is 0 Å². The number of carbonyl (C=O) groups excluding carboxylic acids is 1. The number of nitrogens with zero attached hydrogens (tertiary/aromatic N) is 1. The van der Waals surface area contributed by atoms with Crippen LogP contribution in [0.25, 0.3) is 10.8 Å². The molecule has 1 saturated heterocycles. The molecular formula is C28H27N3O5S2. The Morgan fingerprint density at radius 2 is 1.42 bits per heavy atom. The molecule has 1 fully saturated rings. The van der Waals surface area contributed by atoms with E-state index in [-0.39, 0.29) is 16.6 Å². The molecule has 1 aliphatic rings. The predicted molar refractivity (Wildman–Crippen MR) is 149 cm³/mol. The van der Waals surface area contributed by atoms with Gasteiger partial charge in [-0.2, -0.15) is 0 Å². The third-order valence-electron chi connectivity index (χ3n) is 6.48. The molecule has 196 valence electrons. The number of anilines is 2. The summed E-state index contributed by atoms with van der Waals surface area (Å²) in [6.07, 6.45) is 1.76. The zero-order valence-electron chi connectivity index (χ0n) is 20.5. The summed E-state index contributed by atoms with van der Waals surface area (Å²) >= 11 is 0. The Bertz CT molecular complexity index is 1670. The molecule has 2 N–H and O–H groups in total. The molecule has 8 nitrogen and oxygen atoms in total. The SMILES string of the molecule is O=C(Nc1ccc(S(=O)(=O)Nc2cccc3ccccc23)cc1)c1ccc(CS(=O)(=O)N2CCCC2)cc1. The smallest absolute Gasteiger partial charge is 0.261 e. The minimum atomic E-state index is -3.84. The van der Waals surface area contributed by atoms with Gasteiger partial charge in [-0.1, -0.05) is 48.5 Å². The van der Waals surface area contributed by atoms with E-state index in [9.17, 15) is 21.6 Å². The summed E-state index contributed by atoms with van der Waals surface area (Å²) in [5, 5.41) is 4.46. The van der Waals surface area contributed by atoms with Crippen LogP contribution in [0.5, 0.6) is 0 Å². The summed E-state index contributed by atoms with van der Waals surface area (Å²) in [6, 6.07) is 25.2. The van der Waals surface area contributed by atoms with Gasteiger partial charge in [-0.3, -0.25) is 9.52 Å². The first-order valence-electron chi connectivity index (χ1n) is 12.2. The number of sulfonamides is 2. The number of fused-ring (bicyclic) bond motifs is 1. The van der Waals surface area contributed by atoms with Crippen LogP contribution >= 0.6 is 0 Å². The number of hydrogen-bond donors (Lipinski definition) is 2. The van der Waals surface area contributed by atoms with Crippen LogP contribution in [0.2, 0.25) is 0 Å². The zero-order valence-corrected chi connectivity index (χ0v) is 22.1. The van der Waals surface area contributed by atoms with Crippen LogP contribution in [0, 0.1) is 0 Å². The van der Waals surface area contributed by atoms with Gasteiger partial charge in [-0.25, -0.2) is 21.1 Å². The number of benzene rings is 4.